The quantitative estimate of drug-likeness (QED) is 0.446. The number of anilines is 1. The molecule has 0 unspecified atom stereocenters. The maximum Gasteiger partial charge on any atom is 0.269 e. The highest BCUT2D eigenvalue weighted by molar-refractivity contribution is 6.30. The number of nitrogens with one attached hydrogen (secondary N) is 1. The molecular formula is C14H16ClN5O2. The van der Waals surface area contributed by atoms with Crippen molar-refractivity contribution in [3.63, 3.8) is 0 Å². The minimum atomic E-state index is -0.496. The van der Waals surface area contributed by atoms with Gasteiger partial charge in [0.25, 0.3) is 5.91 Å². The molecule has 0 saturated heterocycles. The number of benzene rings is 1. The molecule has 22 heavy (non-hydrogen) atoms. The number of hydrazine groups is 1. The number of carbonyl (C=O) groups excluding carboxylic acids is 1. The Morgan fingerprint density at radius 3 is 2.73 bits per heavy atom. The van der Waals surface area contributed by atoms with Crippen LogP contribution in [0.15, 0.2) is 18.2 Å². The van der Waals surface area contributed by atoms with Crippen molar-refractivity contribution < 1.29 is 9.53 Å². The smallest absolute Gasteiger partial charge is 0.269 e. The fourth-order valence-corrected chi connectivity index (χ4v) is 2.28. The van der Waals surface area contributed by atoms with Crippen molar-refractivity contribution in [3.05, 3.63) is 45.7 Å². The van der Waals surface area contributed by atoms with Crippen LogP contribution in [0.1, 0.15) is 27.3 Å². The minimum absolute atomic E-state index is 0.0544. The normalized spacial score (nSPS) is 10.4. The van der Waals surface area contributed by atoms with Gasteiger partial charge in [-0.2, -0.15) is 0 Å². The third kappa shape index (κ3) is 3.44. The van der Waals surface area contributed by atoms with E-state index in [9.17, 15) is 4.79 Å². The molecule has 0 aliphatic heterocycles. The van der Waals surface area contributed by atoms with Gasteiger partial charge in [0.05, 0.1) is 17.0 Å². The molecule has 0 spiro atoms. The largest absolute Gasteiger partial charge is 0.487 e. The molecule has 0 atom stereocenters. The Bertz CT molecular complexity index is 721. The standard InChI is InChI=1S/C14H16ClN5O2/c1-7-5-9(15)3-4-11(7)22-6-10-12(13(21)20-17)8(2)18-14(16)19-10/h3-5H,6,17H2,1-2H3,(H,20,21)(H2,16,18,19). The number of carbonyl (C=O) groups is 1. The second-order valence-electron chi connectivity index (χ2n) is 4.66. The van der Waals surface area contributed by atoms with Crippen LogP contribution in [0.2, 0.25) is 5.02 Å². The van der Waals surface area contributed by atoms with E-state index in [4.69, 9.17) is 27.9 Å². The van der Waals surface area contributed by atoms with E-state index in [-0.39, 0.29) is 18.1 Å². The first-order valence-corrected chi connectivity index (χ1v) is 6.83. The maximum atomic E-state index is 11.9. The predicted octanol–water partition coefficient (Wildman–Crippen LogP) is 1.51. The van der Waals surface area contributed by atoms with Gasteiger partial charge in [0.1, 0.15) is 12.4 Å². The molecule has 0 aliphatic rings. The molecule has 0 aliphatic carbocycles. The number of nitrogens with two attached hydrogens (primary N) is 2. The van der Waals surface area contributed by atoms with Crippen molar-refractivity contribution in [2.24, 2.45) is 5.84 Å². The summed E-state index contributed by atoms with van der Waals surface area (Å²) in [5.74, 6) is 5.39. The van der Waals surface area contributed by atoms with Crippen molar-refractivity contribution in [1.82, 2.24) is 15.4 Å². The fourth-order valence-electron chi connectivity index (χ4n) is 2.05. The number of nitrogens with zero attached hydrogens (tertiary/aromatic N) is 2. The number of rotatable bonds is 4. The van der Waals surface area contributed by atoms with Crippen molar-refractivity contribution in [3.8, 4) is 5.75 Å². The van der Waals surface area contributed by atoms with E-state index < -0.39 is 5.91 Å². The van der Waals surface area contributed by atoms with Gasteiger partial charge >= 0.3 is 0 Å². The second kappa shape index (κ2) is 6.59. The number of amides is 1. The number of nitrogen functional groups attached to an aromatic ring is 2. The van der Waals surface area contributed by atoms with E-state index in [0.29, 0.717) is 22.2 Å². The summed E-state index contributed by atoms with van der Waals surface area (Å²) in [6.45, 7) is 3.58. The molecule has 116 valence electrons. The van der Waals surface area contributed by atoms with Crippen molar-refractivity contribution >= 4 is 23.5 Å². The molecule has 0 fully saturated rings. The summed E-state index contributed by atoms with van der Waals surface area (Å²) in [7, 11) is 0. The monoisotopic (exact) mass is 321 g/mol. The maximum absolute atomic E-state index is 11.9. The van der Waals surface area contributed by atoms with Gasteiger partial charge in [-0.1, -0.05) is 11.6 Å². The summed E-state index contributed by atoms with van der Waals surface area (Å²) in [5, 5.41) is 0.621. The molecule has 0 radical (unpaired) electrons. The van der Waals surface area contributed by atoms with Crippen LogP contribution in [0, 0.1) is 13.8 Å². The van der Waals surface area contributed by atoms with Gasteiger partial charge in [0.15, 0.2) is 0 Å². The first-order chi connectivity index (χ1) is 10.4. The summed E-state index contributed by atoms with van der Waals surface area (Å²) < 4.78 is 5.70. The zero-order valence-corrected chi connectivity index (χ0v) is 12.9. The lowest BCUT2D eigenvalue weighted by Gasteiger charge is -2.13. The highest BCUT2D eigenvalue weighted by Gasteiger charge is 2.18. The average molecular weight is 322 g/mol. The summed E-state index contributed by atoms with van der Waals surface area (Å²) in [6, 6.07) is 5.25. The first-order valence-electron chi connectivity index (χ1n) is 6.45. The Kier molecular flexibility index (Phi) is 4.79. The van der Waals surface area contributed by atoms with Gasteiger partial charge in [-0.3, -0.25) is 10.2 Å². The van der Waals surface area contributed by atoms with Crippen LogP contribution in [0.5, 0.6) is 5.75 Å². The van der Waals surface area contributed by atoms with Crippen molar-refractivity contribution in [2.45, 2.75) is 20.5 Å². The molecule has 1 aromatic heterocycles. The van der Waals surface area contributed by atoms with Crippen LogP contribution in [0.3, 0.4) is 0 Å². The Labute approximate surface area is 132 Å². The summed E-state index contributed by atoms with van der Waals surface area (Å²) in [5.41, 5.74) is 9.62. The molecule has 2 rings (SSSR count). The van der Waals surface area contributed by atoms with Crippen molar-refractivity contribution in [2.75, 3.05) is 5.73 Å². The van der Waals surface area contributed by atoms with Crippen LogP contribution in [-0.4, -0.2) is 15.9 Å². The Morgan fingerprint density at radius 2 is 2.09 bits per heavy atom. The highest BCUT2D eigenvalue weighted by atomic mass is 35.5. The topological polar surface area (TPSA) is 116 Å². The second-order valence-corrected chi connectivity index (χ2v) is 5.10. The van der Waals surface area contributed by atoms with Crippen LogP contribution < -0.4 is 21.7 Å². The third-order valence-corrected chi connectivity index (χ3v) is 3.28. The lowest BCUT2D eigenvalue weighted by molar-refractivity contribution is 0.0949. The molecule has 0 bridgehead atoms. The fraction of sp³-hybridized carbons (Fsp3) is 0.214. The predicted molar refractivity (Wildman–Crippen MR) is 83.4 cm³/mol. The number of ether oxygens (including phenoxy) is 1. The van der Waals surface area contributed by atoms with Gasteiger partial charge in [-0.25, -0.2) is 15.8 Å². The van der Waals surface area contributed by atoms with Gasteiger partial charge in [0, 0.05) is 5.02 Å². The minimum Gasteiger partial charge on any atom is -0.487 e. The third-order valence-electron chi connectivity index (χ3n) is 3.04. The van der Waals surface area contributed by atoms with E-state index in [1.165, 1.54) is 0 Å². The van der Waals surface area contributed by atoms with Gasteiger partial charge in [0.2, 0.25) is 5.95 Å². The van der Waals surface area contributed by atoms with Crippen LogP contribution in [0.4, 0.5) is 5.95 Å². The Morgan fingerprint density at radius 1 is 1.36 bits per heavy atom. The summed E-state index contributed by atoms with van der Waals surface area (Å²) in [4.78, 5) is 19.9. The molecule has 1 aromatic carbocycles. The lowest BCUT2D eigenvalue weighted by atomic mass is 10.1. The molecule has 5 N–H and O–H groups in total. The first kappa shape index (κ1) is 16.0. The zero-order chi connectivity index (χ0) is 16.3. The number of aryl methyl sites for hydroxylation is 2. The molecule has 1 amide bonds. The van der Waals surface area contributed by atoms with Crippen molar-refractivity contribution in [1.29, 1.82) is 0 Å². The SMILES string of the molecule is Cc1cc(Cl)ccc1OCc1nc(N)nc(C)c1C(=O)NN. The number of hydrogen-bond donors (Lipinski definition) is 3. The molecule has 1 heterocycles. The number of aromatic nitrogens is 2. The highest BCUT2D eigenvalue weighted by Crippen LogP contribution is 2.23. The van der Waals surface area contributed by atoms with Gasteiger partial charge in [-0.15, -0.1) is 0 Å². The molecule has 7 nitrogen and oxygen atoms in total. The van der Waals surface area contributed by atoms with Gasteiger partial charge < -0.3 is 10.5 Å². The molecule has 0 saturated carbocycles. The van der Waals surface area contributed by atoms with E-state index in [2.05, 4.69) is 15.4 Å². The molecule has 8 heteroatoms. The molecule has 2 aromatic rings. The van der Waals surface area contributed by atoms with Gasteiger partial charge in [-0.05, 0) is 37.6 Å². The summed E-state index contributed by atoms with van der Waals surface area (Å²) in [6.07, 6.45) is 0. The summed E-state index contributed by atoms with van der Waals surface area (Å²) >= 11 is 5.90. The van der Waals surface area contributed by atoms with E-state index >= 15 is 0 Å². The number of halogens is 1. The zero-order valence-electron chi connectivity index (χ0n) is 12.2. The van der Waals surface area contributed by atoms with E-state index in [0.717, 1.165) is 5.56 Å². The number of hydrogen-bond acceptors (Lipinski definition) is 6. The van der Waals surface area contributed by atoms with E-state index in [1.54, 1.807) is 25.1 Å². The Hall–Kier alpha value is -2.38. The Balaban J connectivity index is 2.30. The van der Waals surface area contributed by atoms with Crippen LogP contribution in [0.25, 0.3) is 0 Å². The molecular weight excluding hydrogens is 306 g/mol. The van der Waals surface area contributed by atoms with E-state index in [1.807, 2.05) is 6.92 Å². The lowest BCUT2D eigenvalue weighted by Crippen LogP contribution is -2.32. The average Bonchev–Trinajstić information content (AvgIpc) is 2.45. The van der Waals surface area contributed by atoms with Crippen LogP contribution in [-0.2, 0) is 6.61 Å². The van der Waals surface area contributed by atoms with Crippen LogP contribution >= 0.6 is 11.6 Å².